The average Bonchev–Trinajstić information content (AvgIpc) is 3.34. The highest BCUT2D eigenvalue weighted by atomic mass is 32.2. The van der Waals surface area contributed by atoms with Crippen LogP contribution in [0.15, 0.2) is 18.2 Å². The number of sulfone groups is 1. The van der Waals surface area contributed by atoms with E-state index in [0.717, 1.165) is 18.4 Å². The normalized spacial score (nSPS) is 15.4. The van der Waals surface area contributed by atoms with Crippen molar-refractivity contribution in [3.63, 3.8) is 0 Å². The summed E-state index contributed by atoms with van der Waals surface area (Å²) in [6, 6.07) is 4.63. The van der Waals surface area contributed by atoms with Crippen molar-refractivity contribution in [3.8, 4) is 5.75 Å². The molecule has 0 amide bonds. The van der Waals surface area contributed by atoms with E-state index in [-0.39, 0.29) is 23.9 Å². The first-order valence-electron chi connectivity index (χ1n) is 8.98. The summed E-state index contributed by atoms with van der Waals surface area (Å²) in [5.74, 6) is 0.440. The van der Waals surface area contributed by atoms with Gasteiger partial charge in [-0.05, 0) is 49.3 Å². The van der Waals surface area contributed by atoms with Crippen LogP contribution in [0, 0.1) is 11.7 Å². The maximum atomic E-state index is 13.9. The predicted molar refractivity (Wildman–Crippen MR) is 97.2 cm³/mol. The summed E-state index contributed by atoms with van der Waals surface area (Å²) in [6.45, 7) is 4.32. The van der Waals surface area contributed by atoms with Gasteiger partial charge in [0.2, 0.25) is 0 Å². The quantitative estimate of drug-likeness (QED) is 0.604. The minimum atomic E-state index is -3.22. The maximum absolute atomic E-state index is 13.9. The summed E-state index contributed by atoms with van der Waals surface area (Å²) < 4.78 is 44.3. The lowest BCUT2D eigenvalue weighted by Gasteiger charge is -2.26. The number of benzene rings is 1. The second kappa shape index (κ2) is 8.49. The molecule has 2 rings (SSSR count). The fourth-order valence-electron chi connectivity index (χ4n) is 2.84. The van der Waals surface area contributed by atoms with Gasteiger partial charge in [-0.15, -0.1) is 0 Å². The van der Waals surface area contributed by atoms with E-state index in [1.165, 1.54) is 6.07 Å². The molecule has 6 heteroatoms. The second-order valence-electron chi connectivity index (χ2n) is 7.66. The van der Waals surface area contributed by atoms with Crippen molar-refractivity contribution in [2.75, 3.05) is 24.7 Å². The maximum Gasteiger partial charge on any atom is 0.165 e. The highest BCUT2D eigenvalue weighted by Crippen LogP contribution is 2.33. The van der Waals surface area contributed by atoms with E-state index in [0.29, 0.717) is 31.8 Å². The third-order valence-electron chi connectivity index (χ3n) is 4.58. The van der Waals surface area contributed by atoms with Crippen LogP contribution < -0.4 is 4.74 Å². The van der Waals surface area contributed by atoms with Gasteiger partial charge in [0.05, 0.1) is 18.1 Å². The van der Waals surface area contributed by atoms with Gasteiger partial charge in [0.1, 0.15) is 0 Å². The van der Waals surface area contributed by atoms with Crippen LogP contribution >= 0.6 is 0 Å². The lowest BCUT2D eigenvalue weighted by molar-refractivity contribution is 0.284. The predicted octanol–water partition coefficient (Wildman–Crippen LogP) is 3.47. The molecule has 1 aromatic carbocycles. The van der Waals surface area contributed by atoms with Gasteiger partial charge < -0.3 is 9.84 Å². The Labute approximate surface area is 150 Å². The summed E-state index contributed by atoms with van der Waals surface area (Å²) in [5, 5.41) is 8.77. The van der Waals surface area contributed by atoms with Gasteiger partial charge in [-0.2, -0.15) is 0 Å². The molecule has 0 saturated heterocycles. The first kappa shape index (κ1) is 20.2. The Balaban J connectivity index is 2.02. The molecule has 1 fully saturated rings. The van der Waals surface area contributed by atoms with Crippen LogP contribution in [-0.4, -0.2) is 38.2 Å². The molecule has 0 aliphatic heterocycles. The van der Waals surface area contributed by atoms with Crippen LogP contribution in [0.2, 0.25) is 0 Å². The third kappa shape index (κ3) is 6.59. The van der Waals surface area contributed by atoms with E-state index >= 15 is 0 Å². The molecule has 1 aliphatic carbocycles. The molecule has 142 valence electrons. The molecule has 4 nitrogen and oxygen atoms in total. The van der Waals surface area contributed by atoms with Crippen molar-refractivity contribution >= 4 is 9.84 Å². The van der Waals surface area contributed by atoms with Crippen LogP contribution in [0.1, 0.15) is 51.5 Å². The SMILES string of the molecule is CC(C)(CS(=O)(=O)CCCCCO)c1ccc(F)c(OCC2CC2)c1. The Bertz CT molecular complexity index is 666. The lowest BCUT2D eigenvalue weighted by Crippen LogP contribution is -2.30. The Morgan fingerprint density at radius 2 is 1.96 bits per heavy atom. The van der Waals surface area contributed by atoms with Gasteiger partial charge in [0.25, 0.3) is 0 Å². The summed E-state index contributed by atoms with van der Waals surface area (Å²) in [6.07, 6.45) is 4.13. The Morgan fingerprint density at radius 3 is 2.60 bits per heavy atom. The number of aliphatic hydroxyl groups excluding tert-OH is 1. The van der Waals surface area contributed by atoms with E-state index in [1.54, 1.807) is 12.1 Å². The van der Waals surface area contributed by atoms with E-state index in [2.05, 4.69) is 0 Å². The van der Waals surface area contributed by atoms with Gasteiger partial charge >= 0.3 is 0 Å². The lowest BCUT2D eigenvalue weighted by atomic mass is 9.86. The van der Waals surface area contributed by atoms with E-state index in [1.807, 2.05) is 13.8 Å². The standard InChI is InChI=1S/C19H29FO4S/c1-19(2,14-25(22,23)11-5-3-4-10-21)16-8-9-17(20)18(12-16)24-13-15-6-7-15/h8-9,12,15,21H,3-7,10-11,13-14H2,1-2H3. The molecule has 1 N–H and O–H groups in total. The summed E-state index contributed by atoms with van der Waals surface area (Å²) in [4.78, 5) is 0. The number of rotatable bonds is 11. The van der Waals surface area contributed by atoms with Crippen molar-refractivity contribution in [2.45, 2.75) is 51.4 Å². The Hall–Kier alpha value is -1.14. The summed E-state index contributed by atoms with van der Waals surface area (Å²) >= 11 is 0. The molecule has 1 aromatic rings. The number of hydrogen-bond donors (Lipinski definition) is 1. The highest BCUT2D eigenvalue weighted by Gasteiger charge is 2.29. The van der Waals surface area contributed by atoms with Crippen molar-refractivity contribution in [1.82, 2.24) is 0 Å². The fraction of sp³-hybridized carbons (Fsp3) is 0.684. The van der Waals surface area contributed by atoms with Crippen LogP contribution in [0.5, 0.6) is 5.75 Å². The molecule has 0 heterocycles. The Morgan fingerprint density at radius 1 is 1.24 bits per heavy atom. The van der Waals surface area contributed by atoms with Crippen LogP contribution in [0.4, 0.5) is 4.39 Å². The number of hydrogen-bond acceptors (Lipinski definition) is 4. The number of aliphatic hydroxyl groups is 1. The molecule has 25 heavy (non-hydrogen) atoms. The number of ether oxygens (including phenoxy) is 1. The van der Waals surface area contributed by atoms with Crippen molar-refractivity contribution in [3.05, 3.63) is 29.6 Å². The molecule has 0 bridgehead atoms. The zero-order valence-corrected chi connectivity index (χ0v) is 15.9. The average molecular weight is 373 g/mol. The second-order valence-corrected chi connectivity index (χ2v) is 9.84. The molecule has 0 unspecified atom stereocenters. The zero-order valence-electron chi connectivity index (χ0n) is 15.1. The fourth-order valence-corrected chi connectivity index (χ4v) is 4.90. The number of unbranched alkanes of at least 4 members (excludes halogenated alkanes) is 2. The van der Waals surface area contributed by atoms with Crippen LogP contribution in [0.25, 0.3) is 0 Å². The van der Waals surface area contributed by atoms with E-state index in [4.69, 9.17) is 9.84 Å². The van der Waals surface area contributed by atoms with Crippen molar-refractivity contribution < 1.29 is 22.7 Å². The minimum absolute atomic E-state index is 0.00677. The Kier molecular flexibility index (Phi) is 6.86. The molecule has 0 radical (unpaired) electrons. The van der Waals surface area contributed by atoms with Crippen molar-refractivity contribution in [1.29, 1.82) is 0 Å². The number of halogens is 1. The van der Waals surface area contributed by atoms with E-state index in [9.17, 15) is 12.8 Å². The highest BCUT2D eigenvalue weighted by molar-refractivity contribution is 7.91. The van der Waals surface area contributed by atoms with Gasteiger partial charge in [-0.3, -0.25) is 0 Å². The van der Waals surface area contributed by atoms with Gasteiger partial charge in [-0.25, -0.2) is 12.8 Å². The summed E-state index contributed by atoms with van der Waals surface area (Å²) in [7, 11) is -3.22. The minimum Gasteiger partial charge on any atom is -0.490 e. The monoisotopic (exact) mass is 372 g/mol. The largest absolute Gasteiger partial charge is 0.490 e. The summed E-state index contributed by atoms with van der Waals surface area (Å²) in [5.41, 5.74) is 0.139. The van der Waals surface area contributed by atoms with Crippen LogP contribution in [0.3, 0.4) is 0 Å². The van der Waals surface area contributed by atoms with Crippen LogP contribution in [-0.2, 0) is 15.3 Å². The smallest absolute Gasteiger partial charge is 0.165 e. The van der Waals surface area contributed by atoms with Gasteiger partial charge in [-0.1, -0.05) is 26.3 Å². The third-order valence-corrected chi connectivity index (χ3v) is 6.65. The molecule has 0 aromatic heterocycles. The molecule has 0 atom stereocenters. The molecule has 0 spiro atoms. The van der Waals surface area contributed by atoms with E-state index < -0.39 is 21.1 Å². The molecule has 1 saturated carbocycles. The van der Waals surface area contributed by atoms with Crippen molar-refractivity contribution in [2.24, 2.45) is 5.92 Å². The molecular formula is C19H29FO4S. The topological polar surface area (TPSA) is 63.6 Å². The van der Waals surface area contributed by atoms with Gasteiger partial charge in [0.15, 0.2) is 21.4 Å². The van der Waals surface area contributed by atoms with Gasteiger partial charge in [0, 0.05) is 12.0 Å². The molecule has 1 aliphatic rings. The zero-order chi connectivity index (χ0) is 18.5. The first-order chi connectivity index (χ1) is 11.7. The first-order valence-corrected chi connectivity index (χ1v) is 10.8. The molecular weight excluding hydrogens is 343 g/mol.